The highest BCUT2D eigenvalue weighted by Gasteiger charge is 2.17. The molecule has 1 heterocycles. The molecule has 1 aromatic heterocycles. The van der Waals surface area contributed by atoms with Gasteiger partial charge in [0.15, 0.2) is 9.84 Å². The Morgan fingerprint density at radius 1 is 0.897 bits per heavy atom. The Morgan fingerprint density at radius 3 is 2.36 bits per heavy atom. The van der Waals surface area contributed by atoms with Gasteiger partial charge in [-0.25, -0.2) is 8.42 Å². The summed E-state index contributed by atoms with van der Waals surface area (Å²) in [6.45, 7) is 5.93. The largest absolute Gasteiger partial charge is 0.491 e. The van der Waals surface area contributed by atoms with E-state index in [1.807, 2.05) is 62.4 Å². The zero-order chi connectivity index (χ0) is 27.6. The van der Waals surface area contributed by atoms with Crippen LogP contribution in [-0.2, 0) is 22.8 Å². The number of nitrogens with one attached hydrogen (secondary N) is 2. The number of aromatic amines is 1. The predicted molar refractivity (Wildman–Crippen MR) is 156 cm³/mol. The van der Waals surface area contributed by atoms with Crippen molar-refractivity contribution >= 4 is 37.6 Å². The molecule has 0 unspecified atom stereocenters. The molecule has 0 atom stereocenters. The Bertz CT molecular complexity index is 1750. The highest BCUT2D eigenvalue weighted by atomic mass is 32.2. The maximum atomic E-state index is 13.4. The number of hydrogen-bond acceptors (Lipinski definition) is 4. The van der Waals surface area contributed by atoms with Crippen molar-refractivity contribution in [3.05, 3.63) is 107 Å². The van der Waals surface area contributed by atoms with E-state index in [9.17, 15) is 13.2 Å². The number of H-pyrrole nitrogens is 1. The van der Waals surface area contributed by atoms with Gasteiger partial charge in [-0.1, -0.05) is 55.5 Å². The van der Waals surface area contributed by atoms with Gasteiger partial charge in [0.1, 0.15) is 5.75 Å². The Morgan fingerprint density at radius 2 is 1.62 bits per heavy atom. The normalized spacial score (nSPS) is 11.8. The molecular weight excluding hydrogens is 508 g/mol. The molecule has 1 amide bonds. The van der Waals surface area contributed by atoms with Gasteiger partial charge in [0.25, 0.3) is 5.91 Å². The van der Waals surface area contributed by atoms with Gasteiger partial charge in [-0.05, 0) is 66.9 Å². The van der Waals surface area contributed by atoms with E-state index in [0.717, 1.165) is 44.2 Å². The number of carbonyl (C=O) groups is 1. The SMILES string of the molecule is CCS(=O)(=O)c1ccc(CNC(=O)c2cc(Cc3ccccc3OC(C)C)c3[nH]c4ccccc4c3c2)cc1. The third kappa shape index (κ3) is 5.68. The highest BCUT2D eigenvalue weighted by molar-refractivity contribution is 7.91. The number of hydrogen-bond donors (Lipinski definition) is 2. The monoisotopic (exact) mass is 540 g/mol. The lowest BCUT2D eigenvalue weighted by atomic mass is 9.98. The fraction of sp³-hybridized carbons (Fsp3) is 0.219. The molecule has 0 saturated heterocycles. The van der Waals surface area contributed by atoms with E-state index in [2.05, 4.69) is 22.4 Å². The molecule has 0 aliphatic heterocycles. The van der Waals surface area contributed by atoms with Crippen LogP contribution in [0.15, 0.2) is 89.8 Å². The van der Waals surface area contributed by atoms with E-state index in [-0.39, 0.29) is 29.2 Å². The van der Waals surface area contributed by atoms with Crippen molar-refractivity contribution in [2.45, 2.75) is 44.7 Å². The number of ether oxygens (including phenoxy) is 1. The van der Waals surface area contributed by atoms with Crippen LogP contribution in [0.3, 0.4) is 0 Å². The molecule has 0 fully saturated rings. The van der Waals surface area contributed by atoms with Crippen molar-refractivity contribution in [1.82, 2.24) is 10.3 Å². The summed E-state index contributed by atoms with van der Waals surface area (Å²) in [4.78, 5) is 17.2. The fourth-order valence-electron chi connectivity index (χ4n) is 4.78. The van der Waals surface area contributed by atoms with E-state index in [1.54, 1.807) is 31.2 Å². The molecule has 0 saturated carbocycles. The second-order valence-electron chi connectivity index (χ2n) is 9.91. The van der Waals surface area contributed by atoms with Crippen molar-refractivity contribution in [3.63, 3.8) is 0 Å². The first kappa shape index (κ1) is 26.5. The van der Waals surface area contributed by atoms with Crippen LogP contribution >= 0.6 is 0 Å². The number of amides is 1. The molecule has 0 bridgehead atoms. The molecule has 200 valence electrons. The maximum absolute atomic E-state index is 13.4. The zero-order valence-corrected chi connectivity index (χ0v) is 23.1. The highest BCUT2D eigenvalue weighted by Crippen LogP contribution is 2.32. The number of benzene rings is 4. The van der Waals surface area contributed by atoms with Crippen LogP contribution in [0.1, 0.15) is 47.8 Å². The minimum Gasteiger partial charge on any atom is -0.491 e. The lowest BCUT2D eigenvalue weighted by molar-refractivity contribution is 0.0951. The van der Waals surface area contributed by atoms with E-state index in [1.165, 1.54) is 0 Å². The summed E-state index contributed by atoms with van der Waals surface area (Å²) in [5, 5.41) is 5.05. The minimum atomic E-state index is -3.26. The summed E-state index contributed by atoms with van der Waals surface area (Å²) in [6, 6.07) is 26.6. The smallest absolute Gasteiger partial charge is 0.251 e. The van der Waals surface area contributed by atoms with Crippen LogP contribution in [0.4, 0.5) is 0 Å². The molecule has 5 rings (SSSR count). The Labute approximate surface area is 228 Å². The van der Waals surface area contributed by atoms with Crippen molar-refractivity contribution in [1.29, 1.82) is 0 Å². The standard InChI is InChI=1S/C32H32N2O4S/c1-4-39(36,37)26-15-13-22(14-16-26)20-33-32(35)25-18-24(17-23-9-5-8-12-30(23)38-21(2)3)31-28(19-25)27-10-6-7-11-29(27)34-31/h5-16,18-19,21,34H,4,17,20H2,1-3H3,(H,33,35). The summed E-state index contributed by atoms with van der Waals surface area (Å²) in [7, 11) is -3.26. The van der Waals surface area contributed by atoms with Gasteiger partial charge in [-0.2, -0.15) is 0 Å². The number of carbonyl (C=O) groups excluding carboxylic acids is 1. The molecule has 7 heteroatoms. The number of para-hydroxylation sites is 2. The maximum Gasteiger partial charge on any atom is 0.251 e. The van der Waals surface area contributed by atoms with E-state index < -0.39 is 9.84 Å². The molecule has 0 spiro atoms. The summed E-state index contributed by atoms with van der Waals surface area (Å²) < 4.78 is 30.3. The predicted octanol–water partition coefficient (Wildman–Crippen LogP) is 6.42. The first-order valence-electron chi connectivity index (χ1n) is 13.1. The minimum absolute atomic E-state index is 0.0486. The van der Waals surface area contributed by atoms with Crippen LogP contribution in [0.2, 0.25) is 0 Å². The molecule has 0 aliphatic carbocycles. The third-order valence-corrected chi connectivity index (χ3v) is 8.54. The van der Waals surface area contributed by atoms with Crippen LogP contribution < -0.4 is 10.1 Å². The van der Waals surface area contributed by atoms with Crippen LogP contribution in [0.25, 0.3) is 21.8 Å². The van der Waals surface area contributed by atoms with Gasteiger partial charge < -0.3 is 15.0 Å². The molecule has 6 nitrogen and oxygen atoms in total. The van der Waals surface area contributed by atoms with Crippen molar-refractivity contribution < 1.29 is 17.9 Å². The Kier molecular flexibility index (Phi) is 7.44. The summed E-state index contributed by atoms with van der Waals surface area (Å²) in [6.07, 6.45) is 0.647. The summed E-state index contributed by atoms with van der Waals surface area (Å²) >= 11 is 0. The van der Waals surface area contributed by atoms with E-state index in [4.69, 9.17) is 4.74 Å². The fourth-order valence-corrected chi connectivity index (χ4v) is 5.67. The average molecular weight is 541 g/mol. The van der Waals surface area contributed by atoms with Gasteiger partial charge in [0.2, 0.25) is 0 Å². The van der Waals surface area contributed by atoms with Crippen LogP contribution in [-0.4, -0.2) is 31.2 Å². The van der Waals surface area contributed by atoms with Crippen LogP contribution in [0.5, 0.6) is 5.75 Å². The molecule has 0 radical (unpaired) electrons. The summed E-state index contributed by atoms with van der Waals surface area (Å²) in [5.41, 5.74) is 5.45. The lowest BCUT2D eigenvalue weighted by Gasteiger charge is -2.15. The first-order valence-corrected chi connectivity index (χ1v) is 14.8. The number of fused-ring (bicyclic) bond motifs is 3. The van der Waals surface area contributed by atoms with Gasteiger partial charge >= 0.3 is 0 Å². The molecule has 2 N–H and O–H groups in total. The zero-order valence-electron chi connectivity index (χ0n) is 22.3. The van der Waals surface area contributed by atoms with Gasteiger partial charge in [0.05, 0.1) is 22.3 Å². The second-order valence-corrected chi connectivity index (χ2v) is 12.2. The van der Waals surface area contributed by atoms with Gasteiger partial charge in [-0.15, -0.1) is 0 Å². The number of rotatable bonds is 9. The third-order valence-electron chi connectivity index (χ3n) is 6.79. The lowest BCUT2D eigenvalue weighted by Crippen LogP contribution is -2.23. The van der Waals surface area contributed by atoms with Crippen molar-refractivity contribution in [2.75, 3.05) is 5.75 Å². The van der Waals surface area contributed by atoms with Gasteiger partial charge in [0, 0.05) is 34.8 Å². The number of aromatic nitrogens is 1. The van der Waals surface area contributed by atoms with Crippen LogP contribution in [0, 0.1) is 0 Å². The molecule has 5 aromatic rings. The Hall–Kier alpha value is -4.10. The van der Waals surface area contributed by atoms with Crippen molar-refractivity contribution in [3.8, 4) is 5.75 Å². The summed E-state index contributed by atoms with van der Waals surface area (Å²) in [5.74, 6) is 0.691. The molecule has 39 heavy (non-hydrogen) atoms. The quantitative estimate of drug-likeness (QED) is 0.226. The molecule has 0 aliphatic rings. The topological polar surface area (TPSA) is 88.3 Å². The first-order chi connectivity index (χ1) is 18.7. The van der Waals surface area contributed by atoms with E-state index >= 15 is 0 Å². The van der Waals surface area contributed by atoms with Gasteiger partial charge in [-0.3, -0.25) is 4.79 Å². The molecular formula is C32H32N2O4S. The Balaban J connectivity index is 1.47. The second kappa shape index (κ2) is 10.9. The number of sulfone groups is 1. The molecule has 4 aromatic carbocycles. The average Bonchev–Trinajstić information content (AvgIpc) is 3.32. The van der Waals surface area contributed by atoms with Crippen molar-refractivity contribution in [2.24, 2.45) is 0 Å². The van der Waals surface area contributed by atoms with E-state index in [0.29, 0.717) is 12.0 Å².